The molecular weight excluding hydrogens is 538 g/mol. The number of hydrogen-bond donors (Lipinski definition) is 4. The smallest absolute Gasteiger partial charge is 0.315 e. The lowest BCUT2D eigenvalue weighted by Gasteiger charge is -2.33. The molecule has 0 saturated carbocycles. The van der Waals surface area contributed by atoms with Gasteiger partial charge in [0.1, 0.15) is 0 Å². The van der Waals surface area contributed by atoms with E-state index >= 15 is 0 Å². The fraction of sp³-hybridized carbons (Fsp3) is 0.562. The van der Waals surface area contributed by atoms with Gasteiger partial charge in [-0.05, 0) is 63.5 Å². The van der Waals surface area contributed by atoms with E-state index in [1.165, 1.54) is 0 Å². The summed E-state index contributed by atoms with van der Waals surface area (Å²) >= 11 is 0. The fourth-order valence-corrected chi connectivity index (χ4v) is 6.20. The monoisotopic (exact) mass is 587 g/mol. The molecule has 0 fully saturated rings. The van der Waals surface area contributed by atoms with Crippen molar-refractivity contribution >= 4 is 21.8 Å². The van der Waals surface area contributed by atoms with E-state index in [0.29, 0.717) is 25.2 Å². The molecule has 0 aromatic heterocycles. The summed E-state index contributed by atoms with van der Waals surface area (Å²) in [6, 6.07) is 17.1. The maximum absolute atomic E-state index is 13.3. The number of aryl methyl sites for hydroxylation is 1. The molecule has 4 N–H and O–H groups in total. The van der Waals surface area contributed by atoms with Gasteiger partial charge in [-0.1, -0.05) is 81.4 Å². The molecule has 2 unspecified atom stereocenters. The summed E-state index contributed by atoms with van der Waals surface area (Å²) in [6.07, 6.45) is 0.875. The van der Waals surface area contributed by atoms with Crippen LogP contribution in [-0.2, 0) is 27.5 Å². The van der Waals surface area contributed by atoms with Crippen molar-refractivity contribution in [3.05, 3.63) is 71.8 Å². The topological polar surface area (TPSA) is 125 Å². The number of aliphatic hydroxyl groups excluding tert-OH is 1. The lowest BCUT2D eigenvalue weighted by atomic mass is 9.91. The molecule has 0 bridgehead atoms. The zero-order chi connectivity index (χ0) is 30.6. The Morgan fingerprint density at radius 2 is 1.39 bits per heavy atom. The van der Waals surface area contributed by atoms with Crippen LogP contribution in [0.4, 0.5) is 4.79 Å². The minimum atomic E-state index is -3.50. The van der Waals surface area contributed by atoms with E-state index in [0.717, 1.165) is 17.5 Å². The Morgan fingerprint density at radius 1 is 0.829 bits per heavy atom. The number of carbonyl (C=O) groups excluding carboxylic acids is 2. The largest absolute Gasteiger partial charge is 0.389 e. The second kappa shape index (κ2) is 15.9. The van der Waals surface area contributed by atoms with Gasteiger partial charge in [0, 0.05) is 11.5 Å². The summed E-state index contributed by atoms with van der Waals surface area (Å²) < 4.78 is 25.7. The first kappa shape index (κ1) is 34.3. The van der Waals surface area contributed by atoms with E-state index in [9.17, 15) is 23.1 Å². The van der Waals surface area contributed by atoms with Gasteiger partial charge in [-0.15, -0.1) is 0 Å². The number of carbonyl (C=O) groups is 2. The summed E-state index contributed by atoms with van der Waals surface area (Å²) in [7, 11) is -3.50. The average Bonchev–Trinajstić information content (AvgIpc) is 2.89. The van der Waals surface area contributed by atoms with Crippen LogP contribution in [0.15, 0.2) is 60.7 Å². The maximum Gasteiger partial charge on any atom is 0.315 e. The van der Waals surface area contributed by atoms with Gasteiger partial charge in [0.05, 0.1) is 29.7 Å². The molecule has 0 heterocycles. The van der Waals surface area contributed by atoms with Crippen LogP contribution in [0.25, 0.3) is 0 Å². The second-order valence-corrected chi connectivity index (χ2v) is 14.7. The van der Waals surface area contributed by atoms with Crippen molar-refractivity contribution in [3.63, 3.8) is 0 Å². The molecule has 2 aromatic carbocycles. The van der Waals surface area contributed by atoms with E-state index in [1.807, 2.05) is 81.4 Å². The molecule has 9 heteroatoms. The van der Waals surface area contributed by atoms with Crippen LogP contribution in [-0.4, -0.2) is 60.7 Å². The first-order chi connectivity index (χ1) is 19.1. The van der Waals surface area contributed by atoms with E-state index in [4.69, 9.17) is 0 Å². The summed E-state index contributed by atoms with van der Waals surface area (Å²) in [5, 5.41) is 20.3. The van der Waals surface area contributed by atoms with Crippen LogP contribution < -0.4 is 16.0 Å². The highest BCUT2D eigenvalue weighted by atomic mass is 32.2. The van der Waals surface area contributed by atoms with Crippen molar-refractivity contribution in [2.24, 2.45) is 11.8 Å². The van der Waals surface area contributed by atoms with Crippen molar-refractivity contribution in [2.75, 3.05) is 11.5 Å². The number of rotatable bonds is 15. The Morgan fingerprint density at radius 3 is 1.93 bits per heavy atom. The molecule has 0 spiro atoms. The molecular formula is C32H49N3O5S. The van der Waals surface area contributed by atoms with Gasteiger partial charge < -0.3 is 21.1 Å². The molecule has 0 aliphatic heterocycles. The highest BCUT2D eigenvalue weighted by Gasteiger charge is 2.33. The number of amides is 3. The van der Waals surface area contributed by atoms with Crippen LogP contribution >= 0.6 is 0 Å². The molecule has 4 atom stereocenters. The third kappa shape index (κ3) is 13.5. The first-order valence-corrected chi connectivity index (χ1v) is 16.3. The lowest BCUT2D eigenvalue weighted by Crippen LogP contribution is -2.58. The van der Waals surface area contributed by atoms with Gasteiger partial charge in [0.25, 0.3) is 0 Å². The third-order valence-corrected chi connectivity index (χ3v) is 8.64. The summed E-state index contributed by atoms with van der Waals surface area (Å²) in [5.41, 5.74) is 1.37. The zero-order valence-corrected chi connectivity index (χ0v) is 26.2. The molecule has 0 saturated heterocycles. The normalized spacial score (nSPS) is 15.0. The fourth-order valence-electron chi connectivity index (χ4n) is 4.57. The summed E-state index contributed by atoms with van der Waals surface area (Å²) in [5.74, 6) is -1.25. The van der Waals surface area contributed by atoms with Crippen LogP contribution in [0.1, 0.15) is 65.5 Å². The van der Waals surface area contributed by atoms with Gasteiger partial charge in [-0.25, -0.2) is 13.2 Å². The van der Waals surface area contributed by atoms with Crippen molar-refractivity contribution in [1.29, 1.82) is 0 Å². The lowest BCUT2D eigenvalue weighted by molar-refractivity contribution is -0.125. The highest BCUT2D eigenvalue weighted by Crippen LogP contribution is 2.17. The van der Waals surface area contributed by atoms with Gasteiger partial charge >= 0.3 is 6.03 Å². The molecule has 0 radical (unpaired) electrons. The molecule has 8 nitrogen and oxygen atoms in total. The van der Waals surface area contributed by atoms with E-state index in [1.54, 1.807) is 6.92 Å². The predicted octanol–water partition coefficient (Wildman–Crippen LogP) is 4.27. The van der Waals surface area contributed by atoms with Gasteiger partial charge in [-0.2, -0.15) is 0 Å². The zero-order valence-electron chi connectivity index (χ0n) is 25.4. The van der Waals surface area contributed by atoms with Gasteiger partial charge in [-0.3, -0.25) is 4.79 Å². The SMILES string of the molecule is CC(C)CCC(NC(=O)NC(C)(C)C)[C@H](O)C(Cc1ccccc1)NC(=O)[C@H](C)CS(=O)(=O)CCc1ccccc1. The average molecular weight is 588 g/mol. The van der Waals surface area contributed by atoms with E-state index in [2.05, 4.69) is 29.8 Å². The Hall–Kier alpha value is -2.91. The number of hydrogen-bond acceptors (Lipinski definition) is 5. The van der Waals surface area contributed by atoms with Crippen LogP contribution in [0.2, 0.25) is 0 Å². The number of benzene rings is 2. The van der Waals surface area contributed by atoms with Crippen LogP contribution in [0, 0.1) is 11.8 Å². The molecule has 2 rings (SSSR count). The van der Waals surface area contributed by atoms with Crippen molar-refractivity contribution in [3.8, 4) is 0 Å². The van der Waals surface area contributed by atoms with Crippen molar-refractivity contribution in [1.82, 2.24) is 16.0 Å². The Kier molecular flexibility index (Phi) is 13.3. The summed E-state index contributed by atoms with van der Waals surface area (Å²) in [4.78, 5) is 26.1. The second-order valence-electron chi connectivity index (χ2n) is 12.5. The quantitative estimate of drug-likeness (QED) is 0.248. The Bertz CT molecular complexity index is 1180. The van der Waals surface area contributed by atoms with Crippen molar-refractivity contribution in [2.45, 2.75) is 91.0 Å². The van der Waals surface area contributed by atoms with Crippen molar-refractivity contribution < 1.29 is 23.1 Å². The number of aliphatic hydroxyl groups is 1. The Balaban J connectivity index is 2.19. The minimum Gasteiger partial charge on any atom is -0.389 e. The molecule has 228 valence electrons. The number of urea groups is 1. The summed E-state index contributed by atoms with van der Waals surface area (Å²) in [6.45, 7) is 11.4. The van der Waals surface area contributed by atoms with Crippen LogP contribution in [0.5, 0.6) is 0 Å². The van der Waals surface area contributed by atoms with Gasteiger partial charge in [0.2, 0.25) is 5.91 Å². The highest BCUT2D eigenvalue weighted by molar-refractivity contribution is 7.91. The molecule has 41 heavy (non-hydrogen) atoms. The minimum absolute atomic E-state index is 0.0468. The molecule has 0 aliphatic rings. The predicted molar refractivity (Wildman–Crippen MR) is 165 cm³/mol. The third-order valence-electron chi connectivity index (χ3n) is 6.81. The van der Waals surface area contributed by atoms with E-state index < -0.39 is 51.4 Å². The standard InChI is InChI=1S/C32H49N3O5S/c1-23(2)17-18-27(34-31(38)35-32(4,5)6)29(36)28(21-26-15-11-8-12-16-26)33-30(37)24(3)22-41(39,40)20-19-25-13-9-7-10-14-25/h7-16,23-24,27-29,36H,17-22H2,1-6H3,(H,33,37)(H2,34,35,38)/t24-,27?,28?,29+/m1/s1. The number of nitrogens with one attached hydrogen (secondary N) is 3. The number of sulfone groups is 1. The van der Waals surface area contributed by atoms with Crippen LogP contribution in [0.3, 0.4) is 0 Å². The molecule has 0 aliphatic carbocycles. The molecule has 3 amide bonds. The Labute approximate surface area is 246 Å². The van der Waals surface area contributed by atoms with Gasteiger partial charge in [0.15, 0.2) is 9.84 Å². The first-order valence-electron chi connectivity index (χ1n) is 14.5. The maximum atomic E-state index is 13.3. The van der Waals surface area contributed by atoms with E-state index in [-0.39, 0.29) is 11.5 Å². The molecule has 2 aromatic rings.